The molecule has 1 aliphatic heterocycles. The van der Waals surface area contributed by atoms with Crippen molar-refractivity contribution in [2.24, 2.45) is 0 Å². The minimum Gasteiger partial charge on any atom is -0.463 e. The van der Waals surface area contributed by atoms with E-state index in [0.717, 1.165) is 10.2 Å². The van der Waals surface area contributed by atoms with Crippen molar-refractivity contribution in [3.8, 4) is 0 Å². The summed E-state index contributed by atoms with van der Waals surface area (Å²) in [5.41, 5.74) is 2.94. The molecule has 178 valence electrons. The summed E-state index contributed by atoms with van der Waals surface area (Å²) in [4.78, 5) is 39.0. The molecule has 2 aromatic rings. The van der Waals surface area contributed by atoms with Crippen molar-refractivity contribution < 1.29 is 24.0 Å². The van der Waals surface area contributed by atoms with Crippen LogP contribution in [-0.2, 0) is 19.1 Å². The summed E-state index contributed by atoms with van der Waals surface area (Å²) in [6, 6.07) is 13.3. The molecule has 0 aliphatic carbocycles. The number of esters is 2. The lowest BCUT2D eigenvalue weighted by Crippen LogP contribution is -2.35. The van der Waals surface area contributed by atoms with Gasteiger partial charge >= 0.3 is 11.9 Å². The molecule has 0 saturated heterocycles. The maximum Gasteiger partial charge on any atom is 0.336 e. The first-order valence-electron chi connectivity index (χ1n) is 10.8. The Morgan fingerprint density at radius 3 is 1.79 bits per heavy atom. The molecule has 1 heterocycles. The molecule has 0 unspecified atom stereocenters. The van der Waals surface area contributed by atoms with Crippen LogP contribution in [0.4, 0.5) is 11.4 Å². The number of nitro groups is 1. The van der Waals surface area contributed by atoms with Gasteiger partial charge < -0.3 is 14.4 Å². The zero-order chi connectivity index (χ0) is 25.0. The third kappa shape index (κ3) is 4.89. The molecule has 0 amide bonds. The molecular weight excluding hydrogens is 504 g/mol. The van der Waals surface area contributed by atoms with E-state index in [0.29, 0.717) is 17.0 Å². The summed E-state index contributed by atoms with van der Waals surface area (Å²) in [7, 11) is 0. The Labute approximate surface area is 206 Å². The van der Waals surface area contributed by atoms with Crippen molar-refractivity contribution in [1.82, 2.24) is 0 Å². The molecular formula is C25H25BrN2O6. The van der Waals surface area contributed by atoms with Crippen molar-refractivity contribution in [1.29, 1.82) is 0 Å². The maximum absolute atomic E-state index is 13.2. The van der Waals surface area contributed by atoms with E-state index in [1.807, 2.05) is 29.2 Å². The third-order valence-electron chi connectivity index (χ3n) is 5.54. The lowest BCUT2D eigenvalue weighted by atomic mass is 9.79. The number of halogens is 1. The van der Waals surface area contributed by atoms with Gasteiger partial charge in [-0.25, -0.2) is 9.59 Å². The number of nitrogens with zero attached hydrogens (tertiary/aromatic N) is 2. The number of benzene rings is 2. The fourth-order valence-electron chi connectivity index (χ4n) is 4.10. The number of hydrogen-bond donors (Lipinski definition) is 0. The predicted octanol–water partition coefficient (Wildman–Crippen LogP) is 5.64. The second-order valence-corrected chi connectivity index (χ2v) is 8.45. The Bertz CT molecular complexity index is 1130. The highest BCUT2D eigenvalue weighted by atomic mass is 79.9. The van der Waals surface area contributed by atoms with Crippen molar-refractivity contribution in [2.75, 3.05) is 18.1 Å². The van der Waals surface area contributed by atoms with Crippen molar-refractivity contribution in [3.05, 3.63) is 91.2 Å². The zero-order valence-corrected chi connectivity index (χ0v) is 20.9. The van der Waals surface area contributed by atoms with Gasteiger partial charge in [0.05, 0.1) is 35.2 Å². The smallest absolute Gasteiger partial charge is 0.336 e. The van der Waals surface area contributed by atoms with Crippen LogP contribution >= 0.6 is 15.9 Å². The summed E-state index contributed by atoms with van der Waals surface area (Å²) in [6.07, 6.45) is 0. The van der Waals surface area contributed by atoms with Gasteiger partial charge in [-0.3, -0.25) is 10.1 Å². The first kappa shape index (κ1) is 25.2. The van der Waals surface area contributed by atoms with E-state index < -0.39 is 22.8 Å². The molecule has 0 fully saturated rings. The Hall–Kier alpha value is -3.46. The molecule has 0 aromatic heterocycles. The average Bonchev–Trinajstić information content (AvgIpc) is 2.80. The lowest BCUT2D eigenvalue weighted by Gasteiger charge is -2.38. The predicted molar refractivity (Wildman–Crippen MR) is 131 cm³/mol. The molecule has 1 aliphatic rings. The number of carbonyl (C=O) groups excluding carboxylic acids is 2. The summed E-state index contributed by atoms with van der Waals surface area (Å²) in [5, 5.41) is 11.2. The minimum atomic E-state index is -0.814. The number of allylic oxidation sites excluding steroid dienone is 2. The van der Waals surface area contributed by atoms with Gasteiger partial charge in [0.15, 0.2) is 0 Å². The van der Waals surface area contributed by atoms with Crippen LogP contribution in [0, 0.1) is 10.1 Å². The van der Waals surface area contributed by atoms with Crippen LogP contribution in [0.25, 0.3) is 0 Å². The maximum atomic E-state index is 13.2. The van der Waals surface area contributed by atoms with Crippen molar-refractivity contribution >= 4 is 39.2 Å². The van der Waals surface area contributed by atoms with Gasteiger partial charge in [-0.05, 0) is 57.5 Å². The largest absolute Gasteiger partial charge is 0.463 e. The number of ether oxygens (including phenoxy) is 2. The standard InChI is InChI=1S/C25H25BrN2O6/c1-5-33-24(29)21-15(3)27(19-13-9-18(26)10-14-19)16(4)22(25(30)34-6-2)23(21)17-7-11-20(12-8-17)28(31)32/h7-14,23H,5-6H2,1-4H3. The van der Waals surface area contributed by atoms with E-state index in [9.17, 15) is 19.7 Å². The fraction of sp³-hybridized carbons (Fsp3) is 0.280. The van der Waals surface area contributed by atoms with E-state index in [1.54, 1.807) is 39.8 Å². The second kappa shape index (κ2) is 10.6. The molecule has 34 heavy (non-hydrogen) atoms. The number of rotatable bonds is 7. The number of carbonyl (C=O) groups is 2. The molecule has 0 spiro atoms. The van der Waals surface area contributed by atoms with E-state index in [-0.39, 0.29) is 30.0 Å². The summed E-state index contributed by atoms with van der Waals surface area (Å²) >= 11 is 3.43. The summed E-state index contributed by atoms with van der Waals surface area (Å²) in [5.74, 6) is -1.95. The highest BCUT2D eigenvalue weighted by Gasteiger charge is 2.41. The van der Waals surface area contributed by atoms with Crippen molar-refractivity contribution in [3.63, 3.8) is 0 Å². The molecule has 0 N–H and O–H groups in total. The molecule has 0 radical (unpaired) electrons. The Morgan fingerprint density at radius 2 is 1.38 bits per heavy atom. The van der Waals surface area contributed by atoms with E-state index in [2.05, 4.69) is 15.9 Å². The van der Waals surface area contributed by atoms with E-state index in [1.165, 1.54) is 12.1 Å². The molecule has 0 saturated carbocycles. The van der Waals surface area contributed by atoms with Gasteiger partial charge in [-0.15, -0.1) is 0 Å². The van der Waals surface area contributed by atoms with E-state index in [4.69, 9.17) is 9.47 Å². The molecule has 9 heteroatoms. The van der Waals surface area contributed by atoms with Gasteiger partial charge in [0.25, 0.3) is 5.69 Å². The lowest BCUT2D eigenvalue weighted by molar-refractivity contribution is -0.384. The normalized spacial score (nSPS) is 14.3. The van der Waals surface area contributed by atoms with Crippen LogP contribution in [0.15, 0.2) is 75.5 Å². The Morgan fingerprint density at radius 1 is 0.912 bits per heavy atom. The number of non-ortho nitro benzene ring substituents is 1. The summed E-state index contributed by atoms with van der Waals surface area (Å²) in [6.45, 7) is 7.29. The third-order valence-corrected chi connectivity index (χ3v) is 6.07. The molecule has 3 rings (SSSR count). The first-order valence-corrected chi connectivity index (χ1v) is 11.6. The minimum absolute atomic E-state index is 0.0900. The highest BCUT2D eigenvalue weighted by molar-refractivity contribution is 9.10. The van der Waals surface area contributed by atoms with Gasteiger partial charge in [0.2, 0.25) is 0 Å². The van der Waals surface area contributed by atoms with Crippen molar-refractivity contribution in [2.45, 2.75) is 33.6 Å². The summed E-state index contributed by atoms with van der Waals surface area (Å²) < 4.78 is 11.6. The zero-order valence-electron chi connectivity index (χ0n) is 19.3. The number of anilines is 1. The first-order chi connectivity index (χ1) is 16.2. The topological polar surface area (TPSA) is 99.0 Å². The van der Waals surface area contributed by atoms with E-state index >= 15 is 0 Å². The van der Waals surface area contributed by atoms with Crippen LogP contribution in [0.5, 0.6) is 0 Å². The Kier molecular flexibility index (Phi) is 7.88. The van der Waals surface area contributed by atoms with Gasteiger partial charge in [0, 0.05) is 33.7 Å². The van der Waals surface area contributed by atoms with Gasteiger partial charge in [0.1, 0.15) is 0 Å². The van der Waals surface area contributed by atoms with Crippen LogP contribution < -0.4 is 4.90 Å². The average molecular weight is 529 g/mol. The number of hydrogen-bond acceptors (Lipinski definition) is 7. The molecule has 2 aromatic carbocycles. The van der Waals surface area contributed by atoms with Crippen LogP contribution in [0.1, 0.15) is 39.2 Å². The Balaban J connectivity index is 2.30. The monoisotopic (exact) mass is 528 g/mol. The number of nitro benzene ring substituents is 1. The van der Waals surface area contributed by atoms with Gasteiger partial charge in [-0.2, -0.15) is 0 Å². The van der Waals surface area contributed by atoms with Crippen LogP contribution in [-0.4, -0.2) is 30.1 Å². The van der Waals surface area contributed by atoms with Crippen LogP contribution in [0.2, 0.25) is 0 Å². The van der Waals surface area contributed by atoms with Gasteiger partial charge in [-0.1, -0.05) is 28.1 Å². The SMILES string of the molecule is CCOC(=O)C1=C(C)N(c2ccc(Br)cc2)C(C)=C(C(=O)OCC)C1c1ccc([N+](=O)[O-])cc1. The molecule has 0 bridgehead atoms. The quantitative estimate of drug-likeness (QED) is 0.260. The van der Waals surface area contributed by atoms with Crippen LogP contribution in [0.3, 0.4) is 0 Å². The fourth-order valence-corrected chi connectivity index (χ4v) is 4.37. The molecule has 0 atom stereocenters. The molecule has 8 nitrogen and oxygen atoms in total. The highest BCUT2D eigenvalue weighted by Crippen LogP contribution is 2.45. The second-order valence-electron chi connectivity index (χ2n) is 7.53.